The Morgan fingerprint density at radius 1 is 1.06 bits per heavy atom. The van der Waals surface area contributed by atoms with Crippen molar-refractivity contribution >= 4 is 5.69 Å². The Morgan fingerprint density at radius 2 is 1.83 bits per heavy atom. The van der Waals surface area contributed by atoms with Crippen LogP contribution in [0, 0.1) is 6.92 Å². The molecule has 0 aliphatic heterocycles. The third-order valence-electron chi connectivity index (χ3n) is 2.88. The minimum Gasteiger partial charge on any atom is -0.508 e. The lowest BCUT2D eigenvalue weighted by atomic mass is 10.0. The Bertz CT molecular complexity index is 552. The zero-order valence-corrected chi connectivity index (χ0v) is 10.5. The van der Waals surface area contributed by atoms with Crippen molar-refractivity contribution in [2.24, 2.45) is 0 Å². The van der Waals surface area contributed by atoms with Crippen molar-refractivity contribution in [3.8, 4) is 11.5 Å². The molecule has 0 saturated carbocycles. The van der Waals surface area contributed by atoms with Gasteiger partial charge in [0.2, 0.25) is 0 Å². The van der Waals surface area contributed by atoms with E-state index in [1.54, 1.807) is 24.3 Å². The summed E-state index contributed by atoms with van der Waals surface area (Å²) in [6.07, 6.45) is 0. The normalized spacial score (nSPS) is 12.1. The van der Waals surface area contributed by atoms with Gasteiger partial charge in [0.25, 0.3) is 0 Å². The quantitative estimate of drug-likeness (QED) is 0.772. The SMILES string of the molecule is Cc1ccc(O)c(C(C)Nc2cccc(O)c2)c1. The first kappa shape index (κ1) is 12.3. The fourth-order valence-electron chi connectivity index (χ4n) is 1.94. The maximum absolute atomic E-state index is 9.85. The number of aryl methyl sites for hydroxylation is 1. The summed E-state index contributed by atoms with van der Waals surface area (Å²) in [6.45, 7) is 3.96. The highest BCUT2D eigenvalue weighted by molar-refractivity contribution is 5.51. The Labute approximate surface area is 107 Å². The van der Waals surface area contributed by atoms with Crippen LogP contribution < -0.4 is 5.32 Å². The van der Waals surface area contributed by atoms with Gasteiger partial charge in [-0.05, 0) is 32.0 Å². The number of hydrogen-bond acceptors (Lipinski definition) is 3. The van der Waals surface area contributed by atoms with Gasteiger partial charge in [-0.25, -0.2) is 0 Å². The minimum atomic E-state index is -0.0355. The molecule has 0 saturated heterocycles. The summed E-state index contributed by atoms with van der Waals surface area (Å²) in [5.74, 6) is 0.501. The predicted molar refractivity (Wildman–Crippen MR) is 73.0 cm³/mol. The van der Waals surface area contributed by atoms with E-state index in [0.717, 1.165) is 16.8 Å². The summed E-state index contributed by atoms with van der Waals surface area (Å²) in [6, 6.07) is 12.4. The van der Waals surface area contributed by atoms with E-state index < -0.39 is 0 Å². The molecule has 18 heavy (non-hydrogen) atoms. The summed E-state index contributed by atoms with van der Waals surface area (Å²) in [7, 11) is 0. The van der Waals surface area contributed by atoms with Crippen LogP contribution in [0.4, 0.5) is 5.69 Å². The third-order valence-corrected chi connectivity index (χ3v) is 2.88. The van der Waals surface area contributed by atoms with Crippen LogP contribution in [-0.2, 0) is 0 Å². The van der Waals surface area contributed by atoms with Crippen molar-refractivity contribution in [1.29, 1.82) is 0 Å². The summed E-state index contributed by atoms with van der Waals surface area (Å²) in [5.41, 5.74) is 2.77. The van der Waals surface area contributed by atoms with E-state index in [1.165, 1.54) is 0 Å². The number of phenolic OH excluding ortho intramolecular Hbond substituents is 2. The van der Waals surface area contributed by atoms with E-state index in [9.17, 15) is 10.2 Å². The fourth-order valence-corrected chi connectivity index (χ4v) is 1.94. The van der Waals surface area contributed by atoms with Crippen LogP contribution >= 0.6 is 0 Å². The van der Waals surface area contributed by atoms with Crippen molar-refractivity contribution in [2.45, 2.75) is 19.9 Å². The summed E-state index contributed by atoms with van der Waals surface area (Å²) < 4.78 is 0. The maximum Gasteiger partial charge on any atom is 0.120 e. The molecule has 0 bridgehead atoms. The largest absolute Gasteiger partial charge is 0.508 e. The molecule has 0 spiro atoms. The molecule has 0 fully saturated rings. The minimum absolute atomic E-state index is 0.0355. The molecule has 0 aromatic heterocycles. The molecule has 0 amide bonds. The van der Waals surface area contributed by atoms with Crippen LogP contribution in [0.1, 0.15) is 24.1 Å². The van der Waals surface area contributed by atoms with Gasteiger partial charge in [-0.2, -0.15) is 0 Å². The first-order valence-electron chi connectivity index (χ1n) is 5.91. The second-order valence-corrected chi connectivity index (χ2v) is 4.48. The highest BCUT2D eigenvalue weighted by Crippen LogP contribution is 2.28. The van der Waals surface area contributed by atoms with Crippen LogP contribution in [0.3, 0.4) is 0 Å². The van der Waals surface area contributed by atoms with Gasteiger partial charge in [0, 0.05) is 17.3 Å². The number of hydrogen-bond donors (Lipinski definition) is 3. The molecule has 94 valence electrons. The second-order valence-electron chi connectivity index (χ2n) is 4.48. The molecule has 2 aromatic rings. The van der Waals surface area contributed by atoms with Crippen LogP contribution in [0.25, 0.3) is 0 Å². The molecular weight excluding hydrogens is 226 g/mol. The third kappa shape index (κ3) is 2.74. The van der Waals surface area contributed by atoms with E-state index in [0.29, 0.717) is 0 Å². The first-order chi connectivity index (χ1) is 8.56. The van der Waals surface area contributed by atoms with Crippen LogP contribution in [0.5, 0.6) is 11.5 Å². The average molecular weight is 243 g/mol. The van der Waals surface area contributed by atoms with Gasteiger partial charge >= 0.3 is 0 Å². The highest BCUT2D eigenvalue weighted by Gasteiger charge is 2.10. The molecule has 3 heteroatoms. The molecule has 3 nitrogen and oxygen atoms in total. The summed E-state index contributed by atoms with van der Waals surface area (Å²) in [4.78, 5) is 0. The number of rotatable bonds is 3. The Morgan fingerprint density at radius 3 is 2.56 bits per heavy atom. The lowest BCUT2D eigenvalue weighted by Crippen LogP contribution is -2.06. The van der Waals surface area contributed by atoms with E-state index in [1.807, 2.05) is 32.0 Å². The van der Waals surface area contributed by atoms with Crippen LogP contribution in [0.2, 0.25) is 0 Å². The topological polar surface area (TPSA) is 52.5 Å². The standard InChI is InChI=1S/C15H17NO2/c1-10-6-7-15(18)14(8-10)11(2)16-12-4-3-5-13(17)9-12/h3-9,11,16-18H,1-2H3. The van der Waals surface area contributed by atoms with E-state index >= 15 is 0 Å². The lowest BCUT2D eigenvalue weighted by Gasteiger charge is -2.17. The molecule has 1 atom stereocenters. The first-order valence-corrected chi connectivity index (χ1v) is 5.91. The Balaban J connectivity index is 2.21. The molecule has 0 aliphatic rings. The monoisotopic (exact) mass is 243 g/mol. The van der Waals surface area contributed by atoms with Crippen LogP contribution in [0.15, 0.2) is 42.5 Å². The van der Waals surface area contributed by atoms with Gasteiger partial charge in [0.15, 0.2) is 0 Å². The maximum atomic E-state index is 9.85. The lowest BCUT2D eigenvalue weighted by molar-refractivity contribution is 0.465. The van der Waals surface area contributed by atoms with Gasteiger partial charge in [0.1, 0.15) is 11.5 Å². The predicted octanol–water partition coefficient (Wildman–Crippen LogP) is 3.58. The second kappa shape index (κ2) is 5.00. The Hall–Kier alpha value is -2.16. The number of phenols is 2. The van der Waals surface area contributed by atoms with Crippen molar-refractivity contribution in [1.82, 2.24) is 0 Å². The molecule has 0 radical (unpaired) electrons. The van der Waals surface area contributed by atoms with Crippen molar-refractivity contribution in [3.63, 3.8) is 0 Å². The van der Waals surface area contributed by atoms with Gasteiger partial charge in [0.05, 0.1) is 6.04 Å². The van der Waals surface area contributed by atoms with Gasteiger partial charge in [-0.15, -0.1) is 0 Å². The zero-order valence-electron chi connectivity index (χ0n) is 10.5. The zero-order chi connectivity index (χ0) is 13.1. The molecule has 0 aliphatic carbocycles. The molecule has 2 rings (SSSR count). The highest BCUT2D eigenvalue weighted by atomic mass is 16.3. The number of nitrogens with one attached hydrogen (secondary N) is 1. The van der Waals surface area contributed by atoms with Gasteiger partial charge < -0.3 is 15.5 Å². The number of aromatic hydroxyl groups is 2. The average Bonchev–Trinajstić information content (AvgIpc) is 2.32. The molecule has 1 unspecified atom stereocenters. The summed E-state index contributed by atoms with van der Waals surface area (Å²) >= 11 is 0. The smallest absolute Gasteiger partial charge is 0.120 e. The van der Waals surface area contributed by atoms with E-state index in [2.05, 4.69) is 5.32 Å². The van der Waals surface area contributed by atoms with Crippen molar-refractivity contribution in [3.05, 3.63) is 53.6 Å². The fraction of sp³-hybridized carbons (Fsp3) is 0.200. The van der Waals surface area contributed by atoms with E-state index in [4.69, 9.17) is 0 Å². The van der Waals surface area contributed by atoms with E-state index in [-0.39, 0.29) is 17.5 Å². The molecular formula is C15H17NO2. The molecule has 2 aromatic carbocycles. The molecule has 0 heterocycles. The molecule has 3 N–H and O–H groups in total. The number of anilines is 1. The Kier molecular flexibility index (Phi) is 3.42. The van der Waals surface area contributed by atoms with Gasteiger partial charge in [-0.3, -0.25) is 0 Å². The number of benzene rings is 2. The van der Waals surface area contributed by atoms with Crippen molar-refractivity contribution < 1.29 is 10.2 Å². The van der Waals surface area contributed by atoms with Crippen molar-refractivity contribution in [2.75, 3.05) is 5.32 Å². The van der Waals surface area contributed by atoms with Gasteiger partial charge in [-0.1, -0.05) is 23.8 Å². The van der Waals surface area contributed by atoms with Crippen LogP contribution in [-0.4, -0.2) is 10.2 Å². The summed E-state index contributed by atoms with van der Waals surface area (Å²) in [5, 5.41) is 22.5.